The number of aryl methyl sites for hydroxylation is 1. The molecule has 0 bridgehead atoms. The summed E-state index contributed by atoms with van der Waals surface area (Å²) in [5.74, 6) is 0.567. The Balaban J connectivity index is 1.83. The van der Waals surface area contributed by atoms with E-state index in [2.05, 4.69) is 38.7 Å². The first-order valence-corrected chi connectivity index (χ1v) is 11.2. The van der Waals surface area contributed by atoms with E-state index in [-0.39, 0.29) is 5.56 Å². The summed E-state index contributed by atoms with van der Waals surface area (Å²) in [5.41, 5.74) is 2.75. The van der Waals surface area contributed by atoms with Gasteiger partial charge in [-0.3, -0.25) is 22.9 Å². The molecule has 3 heterocycles. The minimum absolute atomic E-state index is 0.356. The second-order valence-electron chi connectivity index (χ2n) is 8.01. The van der Waals surface area contributed by atoms with Crippen LogP contribution < -0.4 is 11.2 Å². The third kappa shape index (κ3) is 2.77. The number of fused-ring (bicyclic) bond motifs is 4. The maximum Gasteiger partial charge on any atom is 0.332 e. The van der Waals surface area contributed by atoms with E-state index in [1.54, 1.807) is 11.4 Å². The van der Waals surface area contributed by atoms with Gasteiger partial charge in [0, 0.05) is 35.7 Å². The van der Waals surface area contributed by atoms with Crippen LogP contribution in [0.2, 0.25) is 0 Å². The molecule has 3 aromatic carbocycles. The minimum atomic E-state index is -0.405. The molecule has 33 heavy (non-hydrogen) atoms. The molecule has 6 rings (SSSR count). The average Bonchev–Trinajstić information content (AvgIpc) is 3.38. The molecule has 0 aliphatic carbocycles. The summed E-state index contributed by atoms with van der Waals surface area (Å²) >= 11 is 3.51. The SMILES string of the molecule is Cn1c(=O)c2c(nc3n(-c4cccc5ccccc45)c(-c4ccc(Br)cc4)cn23)n(C)c1=O. The quantitative estimate of drug-likeness (QED) is 0.357. The van der Waals surface area contributed by atoms with Gasteiger partial charge in [0.15, 0.2) is 11.2 Å². The zero-order valence-corrected chi connectivity index (χ0v) is 19.4. The maximum absolute atomic E-state index is 13.1. The van der Waals surface area contributed by atoms with E-state index in [0.29, 0.717) is 16.9 Å². The van der Waals surface area contributed by atoms with Crippen molar-refractivity contribution in [2.45, 2.75) is 0 Å². The number of imidazole rings is 2. The van der Waals surface area contributed by atoms with Crippen molar-refractivity contribution < 1.29 is 0 Å². The van der Waals surface area contributed by atoms with Crippen molar-refractivity contribution in [2.24, 2.45) is 14.1 Å². The number of aromatic nitrogens is 5. The predicted molar refractivity (Wildman–Crippen MR) is 133 cm³/mol. The highest BCUT2D eigenvalue weighted by molar-refractivity contribution is 9.10. The highest BCUT2D eigenvalue weighted by Crippen LogP contribution is 2.32. The van der Waals surface area contributed by atoms with E-state index < -0.39 is 5.69 Å². The summed E-state index contributed by atoms with van der Waals surface area (Å²) in [5, 5.41) is 2.16. The first-order valence-electron chi connectivity index (χ1n) is 10.4. The van der Waals surface area contributed by atoms with Gasteiger partial charge in [-0.05, 0) is 23.6 Å². The highest BCUT2D eigenvalue weighted by atomic mass is 79.9. The topological polar surface area (TPSA) is 66.2 Å². The van der Waals surface area contributed by atoms with Crippen molar-refractivity contribution in [2.75, 3.05) is 0 Å². The van der Waals surface area contributed by atoms with E-state index in [0.717, 1.165) is 36.8 Å². The summed E-state index contributed by atoms with van der Waals surface area (Å²) in [4.78, 5) is 30.4. The van der Waals surface area contributed by atoms with Crippen molar-refractivity contribution >= 4 is 43.6 Å². The van der Waals surface area contributed by atoms with Crippen LogP contribution in [0.15, 0.2) is 87.0 Å². The summed E-state index contributed by atoms with van der Waals surface area (Å²) in [7, 11) is 3.12. The van der Waals surface area contributed by atoms with Gasteiger partial charge in [-0.2, -0.15) is 4.98 Å². The first-order chi connectivity index (χ1) is 16.0. The van der Waals surface area contributed by atoms with Crippen LogP contribution in [0.3, 0.4) is 0 Å². The van der Waals surface area contributed by atoms with Crippen LogP contribution in [-0.4, -0.2) is 23.1 Å². The monoisotopic (exact) mass is 499 g/mol. The molecule has 0 saturated heterocycles. The van der Waals surface area contributed by atoms with Gasteiger partial charge in [-0.1, -0.05) is 64.5 Å². The molecule has 8 heteroatoms. The second kappa shape index (κ2) is 7.05. The van der Waals surface area contributed by atoms with E-state index in [1.807, 2.05) is 54.7 Å². The molecule has 0 aliphatic rings. The summed E-state index contributed by atoms with van der Waals surface area (Å²) in [6.07, 6.45) is 1.92. The fourth-order valence-electron chi connectivity index (χ4n) is 4.44. The van der Waals surface area contributed by atoms with E-state index in [9.17, 15) is 9.59 Å². The summed E-state index contributed by atoms with van der Waals surface area (Å²) in [6, 6.07) is 22.3. The predicted octanol–water partition coefficient (Wildman–Crippen LogP) is 4.26. The fourth-order valence-corrected chi connectivity index (χ4v) is 4.70. The van der Waals surface area contributed by atoms with Crippen LogP contribution in [-0.2, 0) is 14.1 Å². The molecule has 0 radical (unpaired) electrons. The van der Waals surface area contributed by atoms with Gasteiger partial charge >= 0.3 is 5.69 Å². The Bertz CT molecular complexity index is 1830. The lowest BCUT2D eigenvalue weighted by atomic mass is 10.1. The third-order valence-corrected chi connectivity index (χ3v) is 6.64. The van der Waals surface area contributed by atoms with Crippen LogP contribution in [0.4, 0.5) is 0 Å². The van der Waals surface area contributed by atoms with E-state index in [1.165, 1.54) is 11.6 Å². The van der Waals surface area contributed by atoms with Crippen LogP contribution in [0.25, 0.3) is 44.7 Å². The fraction of sp³-hybridized carbons (Fsp3) is 0.0800. The van der Waals surface area contributed by atoms with Crippen LogP contribution in [0, 0.1) is 0 Å². The Labute approximate surface area is 195 Å². The van der Waals surface area contributed by atoms with Crippen molar-refractivity contribution in [3.05, 3.63) is 98.2 Å². The van der Waals surface area contributed by atoms with Crippen molar-refractivity contribution in [3.63, 3.8) is 0 Å². The number of halogens is 1. The number of nitrogens with zero attached hydrogens (tertiary/aromatic N) is 5. The van der Waals surface area contributed by atoms with Crippen molar-refractivity contribution in [3.8, 4) is 16.9 Å². The number of benzene rings is 3. The summed E-state index contributed by atoms with van der Waals surface area (Å²) < 4.78 is 7.35. The number of rotatable bonds is 2. The Kier molecular flexibility index (Phi) is 4.22. The molecular formula is C25H18BrN5O2. The van der Waals surface area contributed by atoms with E-state index in [4.69, 9.17) is 4.98 Å². The molecule has 0 spiro atoms. The zero-order chi connectivity index (χ0) is 22.9. The molecule has 7 nitrogen and oxygen atoms in total. The van der Waals surface area contributed by atoms with Gasteiger partial charge < -0.3 is 0 Å². The molecule has 0 aliphatic heterocycles. The zero-order valence-electron chi connectivity index (χ0n) is 17.9. The second-order valence-corrected chi connectivity index (χ2v) is 8.93. The first kappa shape index (κ1) is 19.8. The van der Waals surface area contributed by atoms with Crippen LogP contribution in [0.5, 0.6) is 0 Å². The normalized spacial score (nSPS) is 11.7. The standard InChI is InChI=1S/C25H18BrN5O2/c1-28-22-21(23(32)29(2)25(28)33)30-14-20(16-10-12-17(26)13-11-16)31(24(30)27-22)19-9-5-7-15-6-3-4-8-18(15)19/h3-14H,1-2H3. The van der Waals surface area contributed by atoms with E-state index >= 15 is 0 Å². The lowest BCUT2D eigenvalue weighted by Gasteiger charge is -2.12. The van der Waals surface area contributed by atoms with Gasteiger partial charge in [0.05, 0.1) is 11.4 Å². The van der Waals surface area contributed by atoms with Gasteiger partial charge in [0.2, 0.25) is 5.78 Å². The molecule has 0 saturated carbocycles. The Morgan fingerprint density at radius 2 is 1.58 bits per heavy atom. The number of hydrogen-bond acceptors (Lipinski definition) is 3. The van der Waals surface area contributed by atoms with Crippen LogP contribution in [0.1, 0.15) is 0 Å². The molecule has 0 N–H and O–H groups in total. The average molecular weight is 500 g/mol. The lowest BCUT2D eigenvalue weighted by Crippen LogP contribution is -2.37. The third-order valence-electron chi connectivity index (χ3n) is 6.11. The molecule has 0 atom stereocenters. The molecule has 0 unspecified atom stereocenters. The lowest BCUT2D eigenvalue weighted by molar-refractivity contribution is 0.708. The maximum atomic E-state index is 13.1. The van der Waals surface area contributed by atoms with Gasteiger partial charge in [-0.25, -0.2) is 4.79 Å². The summed E-state index contributed by atoms with van der Waals surface area (Å²) in [6.45, 7) is 0. The largest absolute Gasteiger partial charge is 0.332 e. The molecule has 0 amide bonds. The molecule has 3 aromatic heterocycles. The number of hydrogen-bond donors (Lipinski definition) is 0. The Morgan fingerprint density at radius 1 is 0.848 bits per heavy atom. The van der Waals surface area contributed by atoms with Gasteiger partial charge in [0.1, 0.15) is 0 Å². The molecule has 6 aromatic rings. The molecular weight excluding hydrogens is 482 g/mol. The van der Waals surface area contributed by atoms with Gasteiger partial charge in [0.25, 0.3) is 5.56 Å². The highest BCUT2D eigenvalue weighted by Gasteiger charge is 2.22. The molecule has 0 fully saturated rings. The van der Waals surface area contributed by atoms with Crippen molar-refractivity contribution in [1.82, 2.24) is 23.1 Å². The Morgan fingerprint density at radius 3 is 2.36 bits per heavy atom. The van der Waals surface area contributed by atoms with Crippen molar-refractivity contribution in [1.29, 1.82) is 0 Å². The van der Waals surface area contributed by atoms with Crippen LogP contribution >= 0.6 is 15.9 Å². The smallest absolute Gasteiger partial charge is 0.279 e. The Hall–Kier alpha value is -3.91. The minimum Gasteiger partial charge on any atom is -0.279 e. The van der Waals surface area contributed by atoms with Gasteiger partial charge in [-0.15, -0.1) is 0 Å². The molecule has 162 valence electrons.